The van der Waals surface area contributed by atoms with Crippen LogP contribution in [0.3, 0.4) is 0 Å². The van der Waals surface area contributed by atoms with E-state index in [2.05, 4.69) is 18.6 Å². The van der Waals surface area contributed by atoms with Crippen molar-refractivity contribution in [2.75, 3.05) is 13.7 Å². The Morgan fingerprint density at radius 1 is 1.45 bits per heavy atom. The van der Waals surface area contributed by atoms with Crippen LogP contribution in [0.5, 0.6) is 5.75 Å². The molecular formula is C14H22N2O3S. The van der Waals surface area contributed by atoms with E-state index in [0.29, 0.717) is 24.8 Å². The summed E-state index contributed by atoms with van der Waals surface area (Å²) in [5.74, 6) is 0.738. The first-order valence-electron chi connectivity index (χ1n) is 6.67. The molecule has 0 amide bonds. The molecule has 112 valence electrons. The number of hydrogen-bond acceptors (Lipinski definition) is 4. The van der Waals surface area contributed by atoms with Crippen LogP contribution in [0.4, 0.5) is 0 Å². The fourth-order valence-corrected chi connectivity index (χ4v) is 3.50. The Kier molecular flexibility index (Phi) is 4.09. The molecule has 1 unspecified atom stereocenters. The second kappa shape index (κ2) is 5.35. The standard InChI is InChI=1S/C14H22N2O3S/c1-14(2)7-11(14)9-16-20(17,18)13-5-4-10(8-15)6-12(13)19-3/h4-6,11,16H,7-9,15H2,1-3H3. The van der Waals surface area contributed by atoms with Gasteiger partial charge in [-0.25, -0.2) is 13.1 Å². The van der Waals surface area contributed by atoms with Crippen molar-refractivity contribution < 1.29 is 13.2 Å². The van der Waals surface area contributed by atoms with Crippen LogP contribution in [-0.2, 0) is 16.6 Å². The van der Waals surface area contributed by atoms with Crippen LogP contribution in [0.1, 0.15) is 25.8 Å². The lowest BCUT2D eigenvalue weighted by Gasteiger charge is -2.12. The quantitative estimate of drug-likeness (QED) is 0.833. The maximum absolute atomic E-state index is 12.3. The molecule has 1 aliphatic carbocycles. The SMILES string of the molecule is COc1cc(CN)ccc1S(=O)(=O)NCC1CC1(C)C. The molecule has 0 saturated heterocycles. The zero-order chi connectivity index (χ0) is 15.0. The highest BCUT2D eigenvalue weighted by molar-refractivity contribution is 7.89. The first-order chi connectivity index (χ1) is 9.30. The molecule has 1 aromatic rings. The van der Waals surface area contributed by atoms with E-state index in [1.165, 1.54) is 7.11 Å². The molecular weight excluding hydrogens is 276 g/mol. The predicted molar refractivity (Wildman–Crippen MR) is 78.0 cm³/mol. The van der Waals surface area contributed by atoms with Gasteiger partial charge < -0.3 is 10.5 Å². The van der Waals surface area contributed by atoms with E-state index in [9.17, 15) is 8.42 Å². The number of rotatable bonds is 6. The summed E-state index contributed by atoms with van der Waals surface area (Å²) in [5.41, 5.74) is 6.63. The highest BCUT2D eigenvalue weighted by atomic mass is 32.2. The Morgan fingerprint density at radius 2 is 2.10 bits per heavy atom. The molecule has 0 aliphatic heterocycles. The van der Waals surface area contributed by atoms with Gasteiger partial charge in [-0.1, -0.05) is 19.9 Å². The molecule has 1 aromatic carbocycles. The molecule has 0 radical (unpaired) electrons. The number of nitrogens with one attached hydrogen (secondary N) is 1. The van der Waals surface area contributed by atoms with Gasteiger partial charge in [-0.3, -0.25) is 0 Å². The first kappa shape index (κ1) is 15.3. The molecule has 0 spiro atoms. The third-order valence-electron chi connectivity index (χ3n) is 3.99. The van der Waals surface area contributed by atoms with Gasteiger partial charge in [0.2, 0.25) is 10.0 Å². The summed E-state index contributed by atoms with van der Waals surface area (Å²) in [6, 6.07) is 4.91. The van der Waals surface area contributed by atoms with E-state index >= 15 is 0 Å². The van der Waals surface area contributed by atoms with Crippen molar-refractivity contribution in [3.8, 4) is 5.75 Å². The molecule has 0 bridgehead atoms. The Bertz CT molecular complexity index is 596. The average molecular weight is 298 g/mol. The maximum atomic E-state index is 12.3. The maximum Gasteiger partial charge on any atom is 0.244 e. The van der Waals surface area contributed by atoms with Crippen LogP contribution in [0.15, 0.2) is 23.1 Å². The van der Waals surface area contributed by atoms with Crippen molar-refractivity contribution in [2.45, 2.75) is 31.7 Å². The summed E-state index contributed by atoms with van der Waals surface area (Å²) in [6.45, 7) is 5.10. The van der Waals surface area contributed by atoms with Gasteiger partial charge in [0.1, 0.15) is 10.6 Å². The molecule has 2 rings (SSSR count). The monoisotopic (exact) mass is 298 g/mol. The molecule has 1 atom stereocenters. The Morgan fingerprint density at radius 3 is 2.60 bits per heavy atom. The zero-order valence-corrected chi connectivity index (χ0v) is 13.0. The predicted octanol–water partition coefficient (Wildman–Crippen LogP) is 1.48. The second-order valence-corrected chi connectivity index (χ2v) is 7.67. The average Bonchev–Trinajstić information content (AvgIpc) is 3.03. The van der Waals surface area contributed by atoms with E-state index < -0.39 is 10.0 Å². The van der Waals surface area contributed by atoms with Crippen molar-refractivity contribution in [3.63, 3.8) is 0 Å². The zero-order valence-electron chi connectivity index (χ0n) is 12.1. The summed E-state index contributed by atoms with van der Waals surface area (Å²) in [5, 5.41) is 0. The van der Waals surface area contributed by atoms with Gasteiger partial charge in [-0.2, -0.15) is 0 Å². The molecule has 0 heterocycles. The number of methoxy groups -OCH3 is 1. The third kappa shape index (κ3) is 3.13. The summed E-state index contributed by atoms with van der Waals surface area (Å²) in [4.78, 5) is 0.163. The van der Waals surface area contributed by atoms with Gasteiger partial charge in [0.15, 0.2) is 0 Å². The molecule has 0 aromatic heterocycles. The van der Waals surface area contributed by atoms with Crippen LogP contribution in [0, 0.1) is 11.3 Å². The van der Waals surface area contributed by atoms with Gasteiger partial charge in [-0.05, 0) is 35.4 Å². The first-order valence-corrected chi connectivity index (χ1v) is 8.15. The number of hydrogen-bond donors (Lipinski definition) is 2. The third-order valence-corrected chi connectivity index (χ3v) is 5.45. The second-order valence-electron chi connectivity index (χ2n) is 5.93. The summed E-state index contributed by atoms with van der Waals surface area (Å²) < 4.78 is 32.5. The Labute approximate surface area is 120 Å². The van der Waals surface area contributed by atoms with Crippen molar-refractivity contribution in [2.24, 2.45) is 17.1 Å². The number of sulfonamides is 1. The van der Waals surface area contributed by atoms with Crippen LogP contribution in [-0.4, -0.2) is 22.1 Å². The highest BCUT2D eigenvalue weighted by Crippen LogP contribution is 2.51. The molecule has 1 saturated carbocycles. The molecule has 6 heteroatoms. The summed E-state index contributed by atoms with van der Waals surface area (Å²) >= 11 is 0. The van der Waals surface area contributed by atoms with Gasteiger partial charge in [-0.15, -0.1) is 0 Å². The van der Waals surface area contributed by atoms with Gasteiger partial charge in [0.25, 0.3) is 0 Å². The van der Waals surface area contributed by atoms with E-state index in [1.54, 1.807) is 18.2 Å². The van der Waals surface area contributed by atoms with Crippen molar-refractivity contribution >= 4 is 10.0 Å². The lowest BCUT2D eigenvalue weighted by atomic mass is 10.1. The van der Waals surface area contributed by atoms with Gasteiger partial charge in [0.05, 0.1) is 7.11 Å². The normalized spacial score (nSPS) is 20.7. The molecule has 1 aliphatic rings. The Hall–Kier alpha value is -1.11. The van der Waals surface area contributed by atoms with Gasteiger partial charge >= 0.3 is 0 Å². The highest BCUT2D eigenvalue weighted by Gasteiger charge is 2.45. The van der Waals surface area contributed by atoms with Crippen LogP contribution in [0.2, 0.25) is 0 Å². The number of benzene rings is 1. The lowest BCUT2D eigenvalue weighted by molar-refractivity contribution is 0.401. The number of nitrogens with two attached hydrogens (primary N) is 1. The molecule has 20 heavy (non-hydrogen) atoms. The summed E-state index contributed by atoms with van der Waals surface area (Å²) in [6.07, 6.45) is 1.05. The fourth-order valence-electron chi connectivity index (χ4n) is 2.27. The van der Waals surface area contributed by atoms with E-state index in [-0.39, 0.29) is 10.3 Å². The minimum absolute atomic E-state index is 0.163. The minimum atomic E-state index is -3.55. The van der Waals surface area contributed by atoms with E-state index in [1.807, 2.05) is 0 Å². The van der Waals surface area contributed by atoms with Crippen molar-refractivity contribution in [1.29, 1.82) is 0 Å². The fraction of sp³-hybridized carbons (Fsp3) is 0.571. The van der Waals surface area contributed by atoms with Crippen LogP contribution >= 0.6 is 0 Å². The van der Waals surface area contributed by atoms with E-state index in [4.69, 9.17) is 10.5 Å². The molecule has 1 fully saturated rings. The van der Waals surface area contributed by atoms with Crippen molar-refractivity contribution in [3.05, 3.63) is 23.8 Å². The van der Waals surface area contributed by atoms with Crippen molar-refractivity contribution in [1.82, 2.24) is 4.72 Å². The van der Waals surface area contributed by atoms with Crippen LogP contribution in [0.25, 0.3) is 0 Å². The molecule has 3 N–H and O–H groups in total. The van der Waals surface area contributed by atoms with Gasteiger partial charge in [0, 0.05) is 13.1 Å². The largest absolute Gasteiger partial charge is 0.495 e. The van der Waals surface area contributed by atoms with Crippen LogP contribution < -0.4 is 15.2 Å². The minimum Gasteiger partial charge on any atom is -0.495 e. The smallest absolute Gasteiger partial charge is 0.244 e. The van der Waals surface area contributed by atoms with E-state index in [0.717, 1.165) is 12.0 Å². The lowest BCUT2D eigenvalue weighted by Crippen LogP contribution is -2.27. The topological polar surface area (TPSA) is 81.4 Å². The molecule has 5 nitrogen and oxygen atoms in total. The number of ether oxygens (including phenoxy) is 1. The summed E-state index contributed by atoms with van der Waals surface area (Å²) in [7, 11) is -2.09. The Balaban J connectivity index is 2.16.